The molecular formula is C70H63N. The average molecular weight is 918 g/mol. The van der Waals surface area contributed by atoms with Gasteiger partial charge >= 0.3 is 0 Å². The monoisotopic (exact) mass is 917 g/mol. The Hall–Kier alpha value is -8.22. The summed E-state index contributed by atoms with van der Waals surface area (Å²) < 4.78 is 0. The number of hydrogen-bond donors (Lipinski definition) is 0. The van der Waals surface area contributed by atoms with Crippen LogP contribution in [0.5, 0.6) is 0 Å². The molecule has 0 aromatic heterocycles. The number of benzene rings is 6. The van der Waals surface area contributed by atoms with Crippen molar-refractivity contribution in [3.05, 3.63) is 286 Å². The van der Waals surface area contributed by atoms with E-state index < -0.39 is 0 Å². The van der Waals surface area contributed by atoms with Crippen LogP contribution >= 0.6 is 0 Å². The lowest BCUT2D eigenvalue weighted by Crippen LogP contribution is -2.33. The van der Waals surface area contributed by atoms with Gasteiger partial charge in [-0.25, -0.2) is 0 Å². The molecule has 1 unspecified atom stereocenters. The molecule has 10 rings (SSSR count). The molecule has 0 amide bonds. The van der Waals surface area contributed by atoms with Gasteiger partial charge in [-0.3, -0.25) is 0 Å². The van der Waals surface area contributed by atoms with Crippen LogP contribution in [0.4, 0.5) is 5.69 Å². The summed E-state index contributed by atoms with van der Waals surface area (Å²) in [6.45, 7) is 12.8. The van der Waals surface area contributed by atoms with Gasteiger partial charge in [0.15, 0.2) is 0 Å². The first-order chi connectivity index (χ1) is 35.1. The Labute approximate surface area is 421 Å². The second-order valence-electron chi connectivity index (χ2n) is 17.9. The van der Waals surface area contributed by atoms with Crippen LogP contribution < -0.4 is 25.8 Å². The molecule has 6 aromatic rings. The van der Waals surface area contributed by atoms with Gasteiger partial charge in [0.1, 0.15) is 0 Å². The van der Waals surface area contributed by atoms with Gasteiger partial charge in [-0.1, -0.05) is 245 Å². The topological polar surface area (TPSA) is 3.24 Å². The normalized spacial score (nSPS) is 18.6. The van der Waals surface area contributed by atoms with E-state index in [2.05, 4.69) is 268 Å². The Balaban J connectivity index is 0.00000308. The molecule has 6 aromatic carbocycles. The van der Waals surface area contributed by atoms with Crippen molar-refractivity contribution in [1.29, 1.82) is 0 Å². The molecule has 0 spiro atoms. The summed E-state index contributed by atoms with van der Waals surface area (Å²) in [6.07, 6.45) is 45.6. The SMILES string of the molecule is C=Cc1c(/C=C\C)c(-c2ccccc2)c2ccccc2c1-c1ccc(N(C2=CC=C=C(/C3=c4\cccc\c4=C(/CC4=CC=CC=CC4)C(C)/C=C\C=C/C3)C=C2)C2=c3ccccc3=CC=CC2)cc1.CC. The molecule has 1 atom stereocenters. The summed E-state index contributed by atoms with van der Waals surface area (Å²) in [5.74, 6) is 0.270. The fraction of sp³-hybridized carbons (Fsp3) is 0.129. The number of rotatable bonds is 10. The molecule has 348 valence electrons. The van der Waals surface area contributed by atoms with E-state index in [-0.39, 0.29) is 5.92 Å². The molecule has 0 aliphatic heterocycles. The first kappa shape index (κ1) is 47.8. The molecule has 1 nitrogen and oxygen atoms in total. The fourth-order valence-electron chi connectivity index (χ4n) is 10.4. The second kappa shape index (κ2) is 22.9. The van der Waals surface area contributed by atoms with Crippen molar-refractivity contribution >= 4 is 51.5 Å². The lowest BCUT2D eigenvalue weighted by molar-refractivity contribution is 0.899. The quantitative estimate of drug-likeness (QED) is 0.124. The van der Waals surface area contributed by atoms with E-state index >= 15 is 0 Å². The van der Waals surface area contributed by atoms with E-state index in [1.54, 1.807) is 0 Å². The Morgan fingerprint density at radius 3 is 2.04 bits per heavy atom. The highest BCUT2D eigenvalue weighted by Crippen LogP contribution is 2.44. The van der Waals surface area contributed by atoms with E-state index in [0.29, 0.717) is 0 Å². The maximum Gasteiger partial charge on any atom is 0.0465 e. The van der Waals surface area contributed by atoms with Crippen molar-refractivity contribution in [3.63, 3.8) is 0 Å². The first-order valence-electron chi connectivity index (χ1n) is 25.4. The third kappa shape index (κ3) is 10.2. The van der Waals surface area contributed by atoms with Crippen molar-refractivity contribution in [1.82, 2.24) is 0 Å². The highest BCUT2D eigenvalue weighted by atomic mass is 15.2. The van der Waals surface area contributed by atoms with Crippen LogP contribution in [0.2, 0.25) is 0 Å². The van der Waals surface area contributed by atoms with Gasteiger partial charge in [-0.05, 0) is 134 Å². The predicted molar refractivity (Wildman–Crippen MR) is 310 cm³/mol. The molecule has 1 heteroatoms. The summed E-state index contributed by atoms with van der Waals surface area (Å²) >= 11 is 0. The van der Waals surface area contributed by atoms with Crippen LogP contribution in [0.3, 0.4) is 0 Å². The Bertz CT molecular complexity index is 3600. The molecule has 4 aliphatic rings. The largest absolute Gasteiger partial charge is 0.313 e. The zero-order chi connectivity index (χ0) is 48.9. The smallest absolute Gasteiger partial charge is 0.0465 e. The van der Waals surface area contributed by atoms with Gasteiger partial charge < -0.3 is 4.90 Å². The Morgan fingerprint density at radius 2 is 1.27 bits per heavy atom. The van der Waals surface area contributed by atoms with Gasteiger partial charge in [0.05, 0.1) is 0 Å². The molecule has 0 heterocycles. The minimum Gasteiger partial charge on any atom is -0.313 e. The maximum atomic E-state index is 4.42. The van der Waals surface area contributed by atoms with Crippen molar-refractivity contribution in [2.45, 2.75) is 53.4 Å². The van der Waals surface area contributed by atoms with E-state index in [9.17, 15) is 0 Å². The van der Waals surface area contributed by atoms with E-state index in [1.807, 2.05) is 19.9 Å². The summed E-state index contributed by atoms with van der Waals surface area (Å²) in [7, 11) is 0. The molecule has 0 radical (unpaired) electrons. The number of hydrogen-bond acceptors (Lipinski definition) is 1. The van der Waals surface area contributed by atoms with Gasteiger partial charge in [0, 0.05) is 34.3 Å². The molecule has 0 saturated heterocycles. The standard InChI is InChI=1S/C68H57N.C2H6/c1-4-25-62-57(5-2)67(63-39-21-22-40-64(63)68(62)53-31-13-9-14-32-53)54-43-46-56(47-44-54)69(66-41-23-17-30-51-29-16-18-36-59(51)66)55-34-24-33-52(42-45-55)58-35-15-8-10-26-49(3)65(61-38-20-19-37-60(58)61)48-50-27-11-6-7-12-28-50;1-2/h4-27,29-32,34,36-40,42-47,49H,2,28,35,41,48H2,1,3H3;1-2H3/b15-8-,25-4-,26-10-,60-58+,65-61-;. The minimum atomic E-state index is 0.270. The maximum absolute atomic E-state index is 4.42. The molecular weight excluding hydrogens is 855 g/mol. The minimum absolute atomic E-state index is 0.270. The number of fused-ring (bicyclic) bond motifs is 3. The first-order valence-corrected chi connectivity index (χ1v) is 25.4. The number of nitrogens with zero attached hydrogens (tertiary/aromatic N) is 1. The van der Waals surface area contributed by atoms with Crippen molar-refractivity contribution in [2.24, 2.45) is 5.92 Å². The molecule has 71 heavy (non-hydrogen) atoms. The second-order valence-corrected chi connectivity index (χ2v) is 17.9. The van der Waals surface area contributed by atoms with E-state index in [1.165, 1.54) is 76.3 Å². The van der Waals surface area contributed by atoms with Crippen LogP contribution in [0.1, 0.15) is 64.5 Å². The highest BCUT2D eigenvalue weighted by molar-refractivity contribution is 6.11. The summed E-state index contributed by atoms with van der Waals surface area (Å²) in [5, 5.41) is 7.43. The lowest BCUT2D eigenvalue weighted by atomic mass is 9.83. The van der Waals surface area contributed by atoms with Crippen LogP contribution in [0.15, 0.2) is 254 Å². The van der Waals surface area contributed by atoms with Gasteiger partial charge in [0.25, 0.3) is 0 Å². The molecule has 0 saturated carbocycles. The third-order valence-corrected chi connectivity index (χ3v) is 13.7. The van der Waals surface area contributed by atoms with E-state index in [0.717, 1.165) is 53.8 Å². The third-order valence-electron chi connectivity index (χ3n) is 13.7. The fourth-order valence-corrected chi connectivity index (χ4v) is 10.4. The van der Waals surface area contributed by atoms with Crippen LogP contribution in [0.25, 0.3) is 68.1 Å². The zero-order valence-electron chi connectivity index (χ0n) is 41.7. The van der Waals surface area contributed by atoms with Crippen molar-refractivity contribution in [3.8, 4) is 22.3 Å². The molecule has 0 N–H and O–H groups in total. The summed E-state index contributed by atoms with van der Waals surface area (Å²) in [6, 6.07) is 46.5. The average Bonchev–Trinajstić information content (AvgIpc) is 3.93. The molecule has 0 fully saturated rings. The Morgan fingerprint density at radius 1 is 0.606 bits per heavy atom. The zero-order valence-corrected chi connectivity index (χ0v) is 41.7. The van der Waals surface area contributed by atoms with Gasteiger partial charge in [-0.2, -0.15) is 0 Å². The molecule has 0 bridgehead atoms. The van der Waals surface area contributed by atoms with Crippen LogP contribution in [0, 0.1) is 5.92 Å². The number of allylic oxidation sites excluding steroid dienone is 16. The molecule has 4 aliphatic carbocycles. The van der Waals surface area contributed by atoms with Crippen molar-refractivity contribution in [2.75, 3.05) is 4.90 Å². The highest BCUT2D eigenvalue weighted by Gasteiger charge is 2.22. The van der Waals surface area contributed by atoms with Crippen molar-refractivity contribution < 1.29 is 0 Å². The summed E-state index contributed by atoms with van der Waals surface area (Å²) in [4.78, 5) is 2.45. The number of anilines is 1. The van der Waals surface area contributed by atoms with Crippen LogP contribution in [-0.2, 0) is 0 Å². The van der Waals surface area contributed by atoms with Crippen LogP contribution in [-0.4, -0.2) is 0 Å². The van der Waals surface area contributed by atoms with E-state index in [4.69, 9.17) is 0 Å². The summed E-state index contributed by atoms with van der Waals surface area (Å²) in [5.41, 5.74) is 19.4. The van der Waals surface area contributed by atoms with Gasteiger partial charge in [0.2, 0.25) is 0 Å². The lowest BCUT2D eigenvalue weighted by Gasteiger charge is -2.29. The predicted octanol–water partition coefficient (Wildman–Crippen LogP) is 15.8. The Kier molecular flexibility index (Phi) is 15.4. The van der Waals surface area contributed by atoms with Gasteiger partial charge in [-0.15, -0.1) is 5.73 Å².